The predicted molar refractivity (Wildman–Crippen MR) is 46.1 cm³/mol. The van der Waals surface area contributed by atoms with Crippen LogP contribution in [0.15, 0.2) is 0 Å². The van der Waals surface area contributed by atoms with Gasteiger partial charge in [0.25, 0.3) is 0 Å². The summed E-state index contributed by atoms with van der Waals surface area (Å²) < 4.78 is 0. The highest BCUT2D eigenvalue weighted by molar-refractivity contribution is 4.60. The molecule has 67 valence electrons. The summed E-state index contributed by atoms with van der Waals surface area (Å²) in [5.41, 5.74) is 0. The van der Waals surface area contributed by atoms with Crippen LogP contribution in [-0.4, -0.2) is 22.4 Å². The highest BCUT2D eigenvalue weighted by atomic mass is 16.3. The van der Waals surface area contributed by atoms with Crippen molar-refractivity contribution in [1.82, 2.24) is 0 Å². The Balaban J connectivity index is 3.22. The Kier molecular flexibility index (Phi) is 6.57. The lowest BCUT2D eigenvalue weighted by Crippen LogP contribution is -2.11. The zero-order chi connectivity index (χ0) is 8.69. The maximum absolute atomic E-state index is 9.24. The molecule has 2 N–H and O–H groups in total. The van der Waals surface area contributed by atoms with Crippen LogP contribution in [0.5, 0.6) is 0 Å². The first kappa shape index (κ1) is 10.9. The highest BCUT2D eigenvalue weighted by Gasteiger charge is 2.06. The molecule has 0 amide bonds. The number of rotatable bonds is 6. The molecule has 0 bridgehead atoms. The molecule has 0 aromatic carbocycles. The third-order valence-electron chi connectivity index (χ3n) is 1.84. The van der Waals surface area contributed by atoms with E-state index in [0.29, 0.717) is 12.8 Å². The van der Waals surface area contributed by atoms with E-state index in [2.05, 4.69) is 6.92 Å². The Hall–Kier alpha value is -0.0800. The maximum Gasteiger partial charge on any atom is 0.0541 e. The topological polar surface area (TPSA) is 40.5 Å². The van der Waals surface area contributed by atoms with Crippen molar-refractivity contribution >= 4 is 0 Å². The minimum absolute atomic E-state index is 0.241. The summed E-state index contributed by atoms with van der Waals surface area (Å²) in [5.74, 6) is 0. The Bertz CT molecular complexity index is 83.6. The number of aliphatic hydroxyl groups is 2. The largest absolute Gasteiger partial charge is 0.393 e. The van der Waals surface area contributed by atoms with E-state index in [1.54, 1.807) is 0 Å². The Morgan fingerprint density at radius 3 is 2.09 bits per heavy atom. The maximum atomic E-state index is 9.24. The van der Waals surface area contributed by atoms with Gasteiger partial charge in [-0.2, -0.15) is 0 Å². The summed E-state index contributed by atoms with van der Waals surface area (Å²) in [4.78, 5) is 0. The van der Waals surface area contributed by atoms with Gasteiger partial charge < -0.3 is 10.2 Å². The Morgan fingerprint density at radius 1 is 1.09 bits per heavy atom. The third-order valence-corrected chi connectivity index (χ3v) is 1.84. The quantitative estimate of drug-likeness (QED) is 0.616. The molecular weight excluding hydrogens is 140 g/mol. The van der Waals surface area contributed by atoms with Gasteiger partial charge in [-0.25, -0.2) is 0 Å². The first-order valence-corrected chi connectivity index (χ1v) is 4.36. The fraction of sp³-hybridized carbons (Fsp3) is 0.889. The minimum Gasteiger partial charge on any atom is -0.393 e. The number of aliphatic hydroxyl groups excluding tert-OH is 2. The molecule has 0 fully saturated rings. The van der Waals surface area contributed by atoms with Crippen LogP contribution in [0.2, 0.25) is 0 Å². The molecule has 1 radical (unpaired) electrons. The first-order chi connectivity index (χ1) is 5.20. The van der Waals surface area contributed by atoms with Crippen LogP contribution in [0, 0.1) is 6.92 Å². The molecule has 2 atom stereocenters. The van der Waals surface area contributed by atoms with E-state index in [-0.39, 0.29) is 12.2 Å². The molecular formula is C9H19O2. The van der Waals surface area contributed by atoms with Crippen molar-refractivity contribution in [3.8, 4) is 0 Å². The molecule has 0 spiro atoms. The second-order valence-corrected chi connectivity index (χ2v) is 2.94. The summed E-state index contributed by atoms with van der Waals surface area (Å²) >= 11 is 0. The highest BCUT2D eigenvalue weighted by Crippen LogP contribution is 2.08. The van der Waals surface area contributed by atoms with Crippen molar-refractivity contribution in [2.45, 2.75) is 51.2 Å². The SMILES string of the molecule is [CH2]CCC(O)CCC(O)CC. The monoisotopic (exact) mass is 159 g/mol. The second kappa shape index (κ2) is 6.62. The molecule has 2 nitrogen and oxygen atoms in total. The predicted octanol–water partition coefficient (Wildman–Crippen LogP) is 1.51. The standard InChI is InChI=1S/C9H19O2/c1-3-5-9(11)7-6-8(10)4-2/h8-11H,1,3-7H2,2H3. The van der Waals surface area contributed by atoms with E-state index < -0.39 is 0 Å². The van der Waals surface area contributed by atoms with E-state index >= 15 is 0 Å². The van der Waals surface area contributed by atoms with Gasteiger partial charge in [-0.15, -0.1) is 0 Å². The zero-order valence-electron chi connectivity index (χ0n) is 7.29. The van der Waals surface area contributed by atoms with Crippen LogP contribution >= 0.6 is 0 Å². The number of hydrogen-bond acceptors (Lipinski definition) is 2. The molecule has 0 aliphatic rings. The lowest BCUT2D eigenvalue weighted by Gasteiger charge is -2.11. The zero-order valence-corrected chi connectivity index (χ0v) is 7.29. The summed E-state index contributed by atoms with van der Waals surface area (Å²) in [7, 11) is 0. The summed E-state index contributed by atoms with van der Waals surface area (Å²) in [6, 6.07) is 0. The van der Waals surface area contributed by atoms with Crippen molar-refractivity contribution < 1.29 is 10.2 Å². The van der Waals surface area contributed by atoms with Crippen LogP contribution in [0.1, 0.15) is 39.0 Å². The van der Waals surface area contributed by atoms with Crippen molar-refractivity contribution in [2.24, 2.45) is 0 Å². The van der Waals surface area contributed by atoms with Gasteiger partial charge in [-0.05, 0) is 25.7 Å². The first-order valence-electron chi connectivity index (χ1n) is 4.36. The molecule has 2 unspecified atom stereocenters. The van der Waals surface area contributed by atoms with Crippen LogP contribution in [0.4, 0.5) is 0 Å². The van der Waals surface area contributed by atoms with Crippen LogP contribution in [-0.2, 0) is 0 Å². The van der Waals surface area contributed by atoms with Crippen molar-refractivity contribution in [3.05, 3.63) is 6.92 Å². The smallest absolute Gasteiger partial charge is 0.0541 e. The van der Waals surface area contributed by atoms with E-state index in [0.717, 1.165) is 19.3 Å². The Labute approximate surface area is 69.2 Å². The van der Waals surface area contributed by atoms with Gasteiger partial charge in [0.1, 0.15) is 0 Å². The lowest BCUT2D eigenvalue weighted by molar-refractivity contribution is 0.107. The third kappa shape index (κ3) is 6.32. The average molecular weight is 159 g/mol. The Morgan fingerprint density at radius 2 is 1.64 bits per heavy atom. The molecule has 0 aromatic rings. The van der Waals surface area contributed by atoms with Crippen molar-refractivity contribution in [3.63, 3.8) is 0 Å². The molecule has 0 heterocycles. The van der Waals surface area contributed by atoms with Gasteiger partial charge in [-0.3, -0.25) is 0 Å². The molecule has 0 aliphatic carbocycles. The fourth-order valence-electron chi connectivity index (χ4n) is 0.969. The van der Waals surface area contributed by atoms with E-state index in [4.69, 9.17) is 5.11 Å². The van der Waals surface area contributed by atoms with E-state index in [1.807, 2.05) is 6.92 Å². The molecule has 0 saturated heterocycles. The molecule has 11 heavy (non-hydrogen) atoms. The van der Waals surface area contributed by atoms with Gasteiger partial charge in [-0.1, -0.05) is 20.3 Å². The lowest BCUT2D eigenvalue weighted by atomic mass is 10.1. The van der Waals surface area contributed by atoms with Crippen LogP contribution in [0.25, 0.3) is 0 Å². The van der Waals surface area contributed by atoms with Gasteiger partial charge in [0.2, 0.25) is 0 Å². The minimum atomic E-state index is -0.270. The normalized spacial score (nSPS) is 16.4. The van der Waals surface area contributed by atoms with Gasteiger partial charge in [0, 0.05) is 0 Å². The fourth-order valence-corrected chi connectivity index (χ4v) is 0.969. The van der Waals surface area contributed by atoms with E-state index in [9.17, 15) is 5.11 Å². The molecule has 0 aromatic heterocycles. The van der Waals surface area contributed by atoms with Crippen LogP contribution in [0.3, 0.4) is 0 Å². The molecule has 0 rings (SSSR count). The summed E-state index contributed by atoms with van der Waals surface area (Å²) in [6.07, 6.45) is 3.18. The van der Waals surface area contributed by atoms with Crippen molar-refractivity contribution in [2.75, 3.05) is 0 Å². The average Bonchev–Trinajstić information content (AvgIpc) is 2.01. The van der Waals surface area contributed by atoms with Gasteiger partial charge >= 0.3 is 0 Å². The molecule has 0 saturated carbocycles. The number of hydrogen-bond donors (Lipinski definition) is 2. The molecule has 2 heteroatoms. The summed E-state index contributed by atoms with van der Waals surface area (Å²) in [6.45, 7) is 5.59. The molecule has 0 aliphatic heterocycles. The second-order valence-electron chi connectivity index (χ2n) is 2.94. The van der Waals surface area contributed by atoms with Gasteiger partial charge in [0.15, 0.2) is 0 Å². The van der Waals surface area contributed by atoms with E-state index in [1.165, 1.54) is 0 Å². The van der Waals surface area contributed by atoms with Gasteiger partial charge in [0.05, 0.1) is 12.2 Å². The van der Waals surface area contributed by atoms with Crippen LogP contribution < -0.4 is 0 Å². The summed E-state index contributed by atoms with van der Waals surface area (Å²) in [5, 5.41) is 18.4. The van der Waals surface area contributed by atoms with Crippen molar-refractivity contribution in [1.29, 1.82) is 0 Å².